The van der Waals surface area contributed by atoms with Crippen molar-refractivity contribution >= 4 is 32.8 Å². The summed E-state index contributed by atoms with van der Waals surface area (Å²) >= 11 is 1.73. The minimum absolute atomic E-state index is 0.365. The molecule has 0 N–H and O–H groups in total. The number of aromatic nitrogens is 2. The molecule has 1 aromatic carbocycles. The Morgan fingerprint density at radius 2 is 1.92 bits per heavy atom. The molecule has 3 rings (SSSR count). The van der Waals surface area contributed by atoms with Gasteiger partial charge in [-0.05, 0) is 44.4 Å². The summed E-state index contributed by atoms with van der Waals surface area (Å²) in [6, 6.07) is 5.37. The number of imidazole rings is 1. The predicted molar refractivity (Wildman–Crippen MR) is 99.0 cm³/mol. The zero-order chi connectivity index (χ0) is 17.2. The Morgan fingerprint density at radius 1 is 1.17 bits per heavy atom. The molecule has 1 saturated heterocycles. The first-order valence-electron chi connectivity index (χ1n) is 8.71. The molecule has 1 aromatic heterocycles. The number of sulfonamides is 1. The molecule has 24 heavy (non-hydrogen) atoms. The van der Waals surface area contributed by atoms with Gasteiger partial charge in [-0.3, -0.25) is 0 Å². The van der Waals surface area contributed by atoms with E-state index in [0.717, 1.165) is 54.2 Å². The predicted octanol–water partition coefficient (Wildman–Crippen LogP) is 3.73. The molecule has 0 radical (unpaired) electrons. The van der Waals surface area contributed by atoms with Gasteiger partial charge in [0, 0.05) is 25.4 Å². The molecular weight excluding hydrogens is 342 g/mol. The van der Waals surface area contributed by atoms with E-state index in [0.29, 0.717) is 18.0 Å². The molecule has 0 aliphatic carbocycles. The second kappa shape index (κ2) is 7.45. The van der Waals surface area contributed by atoms with Gasteiger partial charge in [0.2, 0.25) is 10.0 Å². The Kier molecular flexibility index (Phi) is 5.52. The van der Waals surface area contributed by atoms with E-state index in [4.69, 9.17) is 0 Å². The first kappa shape index (κ1) is 17.8. The molecule has 0 spiro atoms. The van der Waals surface area contributed by atoms with Crippen LogP contribution in [0.1, 0.15) is 39.5 Å². The van der Waals surface area contributed by atoms with Gasteiger partial charge in [0.15, 0.2) is 5.16 Å². The monoisotopic (exact) mass is 367 g/mol. The molecular formula is C17H25N3O2S2. The van der Waals surface area contributed by atoms with E-state index in [1.54, 1.807) is 28.2 Å². The first-order valence-corrected chi connectivity index (χ1v) is 11.1. The van der Waals surface area contributed by atoms with Crippen LogP contribution in [0.2, 0.25) is 0 Å². The maximum absolute atomic E-state index is 12.9. The molecule has 132 valence electrons. The van der Waals surface area contributed by atoms with Crippen molar-refractivity contribution in [2.45, 2.75) is 56.1 Å². The highest BCUT2D eigenvalue weighted by molar-refractivity contribution is 7.99. The molecule has 5 nitrogen and oxygen atoms in total. The summed E-state index contributed by atoms with van der Waals surface area (Å²) in [6.45, 7) is 6.33. The first-order chi connectivity index (χ1) is 11.6. The average Bonchev–Trinajstić information content (AvgIpc) is 2.97. The second-order valence-electron chi connectivity index (χ2n) is 6.10. The Morgan fingerprint density at radius 3 is 2.58 bits per heavy atom. The fourth-order valence-electron chi connectivity index (χ4n) is 3.11. The molecule has 2 heterocycles. The van der Waals surface area contributed by atoms with Crippen molar-refractivity contribution in [2.75, 3.05) is 18.8 Å². The van der Waals surface area contributed by atoms with Gasteiger partial charge < -0.3 is 4.57 Å². The quantitative estimate of drug-likeness (QED) is 0.730. The summed E-state index contributed by atoms with van der Waals surface area (Å²) in [7, 11) is -3.40. The van der Waals surface area contributed by atoms with Crippen molar-refractivity contribution in [1.82, 2.24) is 13.9 Å². The number of rotatable bonds is 6. The molecule has 2 aromatic rings. The van der Waals surface area contributed by atoms with Gasteiger partial charge in [-0.25, -0.2) is 13.4 Å². The normalized spacial score (nSPS) is 16.8. The Bertz CT molecular complexity index is 809. The fraction of sp³-hybridized carbons (Fsp3) is 0.588. The lowest BCUT2D eigenvalue weighted by molar-refractivity contribution is 0.346. The molecule has 0 unspecified atom stereocenters. The van der Waals surface area contributed by atoms with Crippen LogP contribution in [-0.2, 0) is 16.6 Å². The SMILES string of the molecule is CCCSc1nc2cc(S(=O)(=O)N3CCCCC3)ccc2n1CC. The molecule has 0 saturated carbocycles. The minimum atomic E-state index is -3.40. The molecule has 0 atom stereocenters. The minimum Gasteiger partial charge on any atom is -0.319 e. The highest BCUT2D eigenvalue weighted by Gasteiger charge is 2.26. The van der Waals surface area contributed by atoms with Gasteiger partial charge in [0.25, 0.3) is 0 Å². The summed E-state index contributed by atoms with van der Waals surface area (Å²) in [4.78, 5) is 5.05. The third-order valence-corrected chi connectivity index (χ3v) is 7.47. The fourth-order valence-corrected chi connectivity index (χ4v) is 5.58. The van der Waals surface area contributed by atoms with Gasteiger partial charge in [0.05, 0.1) is 15.9 Å². The summed E-state index contributed by atoms with van der Waals surface area (Å²) in [5.74, 6) is 1.02. The largest absolute Gasteiger partial charge is 0.319 e. The summed E-state index contributed by atoms with van der Waals surface area (Å²) in [6.07, 6.45) is 4.10. The molecule has 1 aliphatic rings. The lowest BCUT2D eigenvalue weighted by atomic mass is 10.2. The number of aryl methyl sites for hydroxylation is 1. The maximum Gasteiger partial charge on any atom is 0.243 e. The Labute approximate surface area is 148 Å². The molecule has 0 bridgehead atoms. The van der Waals surface area contributed by atoms with E-state index >= 15 is 0 Å². The Balaban J connectivity index is 1.98. The number of fused-ring (bicyclic) bond motifs is 1. The zero-order valence-electron chi connectivity index (χ0n) is 14.4. The van der Waals surface area contributed by atoms with Crippen molar-refractivity contribution in [3.63, 3.8) is 0 Å². The highest BCUT2D eigenvalue weighted by atomic mass is 32.2. The van der Waals surface area contributed by atoms with Crippen LogP contribution in [0, 0.1) is 0 Å². The second-order valence-corrected chi connectivity index (χ2v) is 9.10. The van der Waals surface area contributed by atoms with Crippen molar-refractivity contribution in [3.8, 4) is 0 Å². The highest BCUT2D eigenvalue weighted by Crippen LogP contribution is 2.28. The smallest absolute Gasteiger partial charge is 0.243 e. The summed E-state index contributed by atoms with van der Waals surface area (Å²) in [5.41, 5.74) is 1.78. The molecule has 1 fully saturated rings. The topological polar surface area (TPSA) is 55.2 Å². The van der Waals surface area contributed by atoms with Gasteiger partial charge in [0.1, 0.15) is 0 Å². The number of benzene rings is 1. The standard InChI is InChI=1S/C17H25N3O2S2/c1-3-12-23-17-18-15-13-14(8-9-16(15)20(17)4-2)24(21,22)19-10-6-5-7-11-19/h8-9,13H,3-7,10-12H2,1-2H3. The summed E-state index contributed by atoms with van der Waals surface area (Å²) in [5, 5.41) is 0.974. The van der Waals surface area contributed by atoms with Gasteiger partial charge in [-0.15, -0.1) is 0 Å². The van der Waals surface area contributed by atoms with Gasteiger partial charge >= 0.3 is 0 Å². The van der Waals surface area contributed by atoms with Crippen LogP contribution >= 0.6 is 11.8 Å². The number of hydrogen-bond acceptors (Lipinski definition) is 4. The van der Waals surface area contributed by atoms with E-state index < -0.39 is 10.0 Å². The van der Waals surface area contributed by atoms with Crippen LogP contribution in [0.3, 0.4) is 0 Å². The lowest BCUT2D eigenvalue weighted by Crippen LogP contribution is -2.35. The van der Waals surface area contributed by atoms with E-state index in [-0.39, 0.29) is 0 Å². The van der Waals surface area contributed by atoms with Crippen LogP contribution in [-0.4, -0.2) is 41.1 Å². The van der Waals surface area contributed by atoms with Crippen molar-refractivity contribution in [2.24, 2.45) is 0 Å². The van der Waals surface area contributed by atoms with Gasteiger partial charge in [-0.1, -0.05) is 25.1 Å². The van der Waals surface area contributed by atoms with Crippen LogP contribution in [0.4, 0.5) is 0 Å². The summed E-state index contributed by atoms with van der Waals surface area (Å²) < 4.78 is 29.5. The number of thioether (sulfide) groups is 1. The molecule has 1 aliphatic heterocycles. The van der Waals surface area contributed by atoms with Crippen molar-refractivity contribution in [1.29, 1.82) is 0 Å². The third kappa shape index (κ3) is 3.34. The van der Waals surface area contributed by atoms with Crippen LogP contribution in [0.5, 0.6) is 0 Å². The lowest BCUT2D eigenvalue weighted by Gasteiger charge is -2.25. The van der Waals surface area contributed by atoms with Crippen LogP contribution < -0.4 is 0 Å². The van der Waals surface area contributed by atoms with Gasteiger partial charge in [-0.2, -0.15) is 4.31 Å². The van der Waals surface area contributed by atoms with Crippen LogP contribution in [0.25, 0.3) is 11.0 Å². The van der Waals surface area contributed by atoms with E-state index in [1.807, 2.05) is 6.07 Å². The van der Waals surface area contributed by atoms with Crippen molar-refractivity contribution < 1.29 is 8.42 Å². The van der Waals surface area contributed by atoms with E-state index in [9.17, 15) is 8.42 Å². The average molecular weight is 368 g/mol. The van der Waals surface area contributed by atoms with E-state index in [1.165, 1.54) is 0 Å². The van der Waals surface area contributed by atoms with E-state index in [2.05, 4.69) is 23.4 Å². The van der Waals surface area contributed by atoms with Crippen LogP contribution in [0.15, 0.2) is 28.3 Å². The Hall–Kier alpha value is -1.05. The zero-order valence-corrected chi connectivity index (χ0v) is 16.0. The third-order valence-electron chi connectivity index (χ3n) is 4.39. The maximum atomic E-state index is 12.9. The molecule has 7 heteroatoms. The van der Waals surface area contributed by atoms with Crippen molar-refractivity contribution in [3.05, 3.63) is 18.2 Å². The number of piperidine rings is 1. The molecule has 0 amide bonds. The number of hydrogen-bond donors (Lipinski definition) is 0. The number of nitrogens with zero attached hydrogens (tertiary/aromatic N) is 3.